The van der Waals surface area contributed by atoms with Gasteiger partial charge in [0.2, 0.25) is 0 Å². The molecule has 1 aliphatic rings. The third-order valence-corrected chi connectivity index (χ3v) is 7.24. The van der Waals surface area contributed by atoms with Crippen LogP contribution in [-0.4, -0.2) is 32.8 Å². The van der Waals surface area contributed by atoms with Gasteiger partial charge in [0.15, 0.2) is 0 Å². The van der Waals surface area contributed by atoms with Crippen LogP contribution in [0, 0.1) is 5.92 Å². The van der Waals surface area contributed by atoms with Crippen molar-refractivity contribution in [1.82, 2.24) is 0 Å². The smallest absolute Gasteiger partial charge is 0.303 e. The van der Waals surface area contributed by atoms with Gasteiger partial charge in [0, 0.05) is 17.7 Å². The molecule has 2 aromatic carbocycles. The summed E-state index contributed by atoms with van der Waals surface area (Å²) in [5.41, 5.74) is 3.20. The maximum absolute atomic E-state index is 10.7. The molecule has 0 bridgehead atoms. The number of benzene rings is 2. The normalized spacial score (nSPS) is 23.8. The van der Waals surface area contributed by atoms with Crippen molar-refractivity contribution < 1.29 is 20.1 Å². The maximum atomic E-state index is 10.7. The van der Waals surface area contributed by atoms with Crippen molar-refractivity contribution in [3.8, 4) is 0 Å². The number of unbranched alkanes of at least 4 members (excludes halogenated alkanes) is 3. The lowest BCUT2D eigenvalue weighted by atomic mass is 9.83. The van der Waals surface area contributed by atoms with E-state index in [4.69, 9.17) is 16.7 Å². The molecule has 0 heterocycles. The average molecular weight is 459 g/mol. The summed E-state index contributed by atoms with van der Waals surface area (Å²) in [6, 6.07) is 18.2. The van der Waals surface area contributed by atoms with Gasteiger partial charge in [-0.1, -0.05) is 73.9 Å². The second-order valence-electron chi connectivity index (χ2n) is 9.06. The molecule has 0 amide bonds. The van der Waals surface area contributed by atoms with Crippen molar-refractivity contribution in [2.45, 2.75) is 81.3 Å². The predicted octanol–water partition coefficient (Wildman–Crippen LogP) is 5.85. The number of aliphatic hydroxyl groups is 2. The highest BCUT2D eigenvalue weighted by molar-refractivity contribution is 6.21. The molecular formula is C27H35ClO4. The number of aliphatic carboxylic acids is 1. The molecule has 0 aromatic heterocycles. The minimum Gasteiger partial charge on any atom is -0.481 e. The first-order valence-electron chi connectivity index (χ1n) is 11.8. The molecule has 0 aliphatic heterocycles. The quantitative estimate of drug-likeness (QED) is 0.275. The number of halogens is 1. The number of rotatable bonds is 12. The van der Waals surface area contributed by atoms with Crippen LogP contribution < -0.4 is 0 Å². The number of aryl methyl sites for hydroxylation is 1. The molecule has 1 saturated carbocycles. The zero-order chi connectivity index (χ0) is 22.9. The standard InChI is InChI=1S/C27H35ClO4/c28-23-18-25(30)27(22(23)10-6-1-2-7-11-26(31)32)21-15-13-20(14-16-21)24(29)17-12-19-8-4-3-5-9-19/h3-5,8-9,13-16,22-25,27,29-30H,1-2,6-7,10-12,17-18H2,(H,31,32)/t22-,23+,24?,25+,27+/m0/s1. The van der Waals surface area contributed by atoms with E-state index in [1.54, 1.807) is 0 Å². The maximum Gasteiger partial charge on any atom is 0.303 e. The molecule has 1 aliphatic carbocycles. The summed E-state index contributed by atoms with van der Waals surface area (Å²) < 4.78 is 0. The summed E-state index contributed by atoms with van der Waals surface area (Å²) >= 11 is 6.60. The summed E-state index contributed by atoms with van der Waals surface area (Å²) in [4.78, 5) is 10.6. The van der Waals surface area contributed by atoms with E-state index in [1.807, 2.05) is 42.5 Å². The number of carboxylic acid groups (broad SMARTS) is 1. The zero-order valence-electron chi connectivity index (χ0n) is 18.6. The second kappa shape index (κ2) is 12.4. The fourth-order valence-electron chi connectivity index (χ4n) is 4.96. The fourth-order valence-corrected chi connectivity index (χ4v) is 5.42. The summed E-state index contributed by atoms with van der Waals surface area (Å²) in [5.74, 6) is -0.523. The van der Waals surface area contributed by atoms with E-state index < -0.39 is 18.2 Å². The van der Waals surface area contributed by atoms with Gasteiger partial charge in [0.25, 0.3) is 0 Å². The molecule has 3 N–H and O–H groups in total. The Bertz CT molecular complexity index is 823. The predicted molar refractivity (Wildman–Crippen MR) is 128 cm³/mol. The Kier molecular flexibility index (Phi) is 9.58. The van der Waals surface area contributed by atoms with Crippen molar-refractivity contribution in [2.24, 2.45) is 5.92 Å². The minimum atomic E-state index is -0.738. The van der Waals surface area contributed by atoms with Crippen molar-refractivity contribution in [3.63, 3.8) is 0 Å². The van der Waals surface area contributed by atoms with E-state index in [0.717, 1.165) is 43.2 Å². The number of aliphatic hydroxyl groups excluding tert-OH is 2. The third-order valence-electron chi connectivity index (χ3n) is 6.74. The van der Waals surface area contributed by atoms with Crippen LogP contribution in [-0.2, 0) is 11.2 Å². The Morgan fingerprint density at radius 3 is 2.38 bits per heavy atom. The van der Waals surface area contributed by atoms with E-state index in [9.17, 15) is 15.0 Å². The first-order valence-corrected chi connectivity index (χ1v) is 12.2. The molecule has 2 aromatic rings. The van der Waals surface area contributed by atoms with Crippen LogP contribution in [0.1, 0.15) is 80.1 Å². The van der Waals surface area contributed by atoms with Gasteiger partial charge >= 0.3 is 5.97 Å². The summed E-state index contributed by atoms with van der Waals surface area (Å²) in [6.45, 7) is 0. The SMILES string of the molecule is O=C(O)CCCCCC[C@@H]1[C@@H](c2ccc(C(O)CCc3ccccc3)cc2)[C@H](O)C[C@H]1Cl. The minimum absolute atomic E-state index is 0.00651. The molecule has 0 spiro atoms. The van der Waals surface area contributed by atoms with Gasteiger partial charge in [0.05, 0.1) is 12.2 Å². The van der Waals surface area contributed by atoms with Crippen molar-refractivity contribution >= 4 is 17.6 Å². The summed E-state index contributed by atoms with van der Waals surface area (Å²) in [7, 11) is 0. The van der Waals surface area contributed by atoms with Gasteiger partial charge in [0.1, 0.15) is 0 Å². The largest absolute Gasteiger partial charge is 0.481 e. The molecule has 3 rings (SSSR count). The first kappa shape index (κ1) is 24.8. The Morgan fingerprint density at radius 2 is 1.69 bits per heavy atom. The molecule has 5 heteroatoms. The Balaban J connectivity index is 1.54. The van der Waals surface area contributed by atoms with Crippen LogP contribution in [0.15, 0.2) is 54.6 Å². The van der Waals surface area contributed by atoms with Crippen LogP contribution in [0.25, 0.3) is 0 Å². The van der Waals surface area contributed by atoms with Crippen LogP contribution >= 0.6 is 11.6 Å². The van der Waals surface area contributed by atoms with E-state index in [2.05, 4.69) is 12.1 Å². The van der Waals surface area contributed by atoms with E-state index >= 15 is 0 Å². The highest BCUT2D eigenvalue weighted by Gasteiger charge is 2.41. The van der Waals surface area contributed by atoms with Crippen LogP contribution in [0.2, 0.25) is 0 Å². The number of hydrogen-bond donors (Lipinski definition) is 3. The first-order chi connectivity index (χ1) is 15.5. The van der Waals surface area contributed by atoms with E-state index in [-0.39, 0.29) is 23.6 Å². The third kappa shape index (κ3) is 7.06. The van der Waals surface area contributed by atoms with Crippen molar-refractivity contribution in [3.05, 3.63) is 71.3 Å². The molecular weight excluding hydrogens is 424 g/mol. The van der Waals surface area contributed by atoms with E-state index in [0.29, 0.717) is 19.3 Å². The molecule has 4 nitrogen and oxygen atoms in total. The lowest BCUT2D eigenvalue weighted by Gasteiger charge is -2.24. The molecule has 174 valence electrons. The van der Waals surface area contributed by atoms with Gasteiger partial charge < -0.3 is 15.3 Å². The average Bonchev–Trinajstić information content (AvgIpc) is 3.07. The van der Waals surface area contributed by atoms with Gasteiger partial charge in [-0.2, -0.15) is 0 Å². The van der Waals surface area contributed by atoms with Crippen LogP contribution in [0.5, 0.6) is 0 Å². The lowest BCUT2D eigenvalue weighted by molar-refractivity contribution is -0.137. The highest BCUT2D eigenvalue weighted by Crippen LogP contribution is 2.45. The van der Waals surface area contributed by atoms with Crippen molar-refractivity contribution in [1.29, 1.82) is 0 Å². The Morgan fingerprint density at radius 1 is 1.00 bits per heavy atom. The Labute approximate surface area is 196 Å². The lowest BCUT2D eigenvalue weighted by Crippen LogP contribution is -2.19. The molecule has 32 heavy (non-hydrogen) atoms. The van der Waals surface area contributed by atoms with Crippen LogP contribution in [0.3, 0.4) is 0 Å². The van der Waals surface area contributed by atoms with Gasteiger partial charge in [-0.25, -0.2) is 0 Å². The zero-order valence-corrected chi connectivity index (χ0v) is 19.3. The van der Waals surface area contributed by atoms with Gasteiger partial charge in [-0.3, -0.25) is 4.79 Å². The number of carboxylic acids is 1. The topological polar surface area (TPSA) is 77.8 Å². The number of carbonyl (C=O) groups is 1. The molecule has 1 fully saturated rings. The fraction of sp³-hybridized carbons (Fsp3) is 0.519. The van der Waals surface area contributed by atoms with Crippen LogP contribution in [0.4, 0.5) is 0 Å². The number of hydrogen-bond acceptors (Lipinski definition) is 3. The highest BCUT2D eigenvalue weighted by atomic mass is 35.5. The number of alkyl halides is 1. The van der Waals surface area contributed by atoms with Gasteiger partial charge in [-0.05, 0) is 54.7 Å². The summed E-state index contributed by atoms with van der Waals surface area (Å²) in [5, 5.41) is 30.0. The van der Waals surface area contributed by atoms with Crippen molar-refractivity contribution in [2.75, 3.05) is 0 Å². The van der Waals surface area contributed by atoms with Gasteiger partial charge in [-0.15, -0.1) is 11.6 Å². The second-order valence-corrected chi connectivity index (χ2v) is 9.62. The molecule has 1 unspecified atom stereocenters. The molecule has 0 saturated heterocycles. The monoisotopic (exact) mass is 458 g/mol. The Hall–Kier alpha value is -1.88. The molecule has 5 atom stereocenters. The van der Waals surface area contributed by atoms with E-state index in [1.165, 1.54) is 5.56 Å². The summed E-state index contributed by atoms with van der Waals surface area (Å²) in [6.07, 6.45) is 5.89. The molecule has 0 radical (unpaired) electrons.